The number of rotatable bonds is 6. The van der Waals surface area contributed by atoms with Crippen molar-refractivity contribution in [3.63, 3.8) is 0 Å². The fourth-order valence-corrected chi connectivity index (χ4v) is 4.94. The van der Waals surface area contributed by atoms with Gasteiger partial charge >= 0.3 is 0 Å². The SMILES string of the molecule is C/C(=C(/O)CCC=O)c1ccc(C2(c3cc4c(cc3C)C(C)(C)C=CC4(C)C)OCCO2)nc1. The van der Waals surface area contributed by atoms with E-state index >= 15 is 0 Å². The lowest BCUT2D eigenvalue weighted by atomic mass is 9.67. The molecular formula is C29H35NO4. The summed E-state index contributed by atoms with van der Waals surface area (Å²) in [6.07, 6.45) is 7.74. The molecule has 0 bridgehead atoms. The van der Waals surface area contributed by atoms with Gasteiger partial charge in [-0.2, -0.15) is 0 Å². The molecule has 5 heteroatoms. The molecule has 0 amide bonds. The number of carbonyl (C=O) groups excluding carboxylic acids is 1. The van der Waals surface area contributed by atoms with Gasteiger partial charge in [-0.15, -0.1) is 0 Å². The summed E-state index contributed by atoms with van der Waals surface area (Å²) in [6.45, 7) is 13.9. The molecule has 0 radical (unpaired) electrons. The number of fused-ring (bicyclic) bond motifs is 1. The van der Waals surface area contributed by atoms with E-state index in [1.807, 2.05) is 19.1 Å². The van der Waals surface area contributed by atoms with Crippen molar-refractivity contribution >= 4 is 11.9 Å². The Hall–Kier alpha value is -2.76. The third-order valence-electron chi connectivity index (χ3n) is 7.18. The molecule has 2 heterocycles. The van der Waals surface area contributed by atoms with Crippen LogP contribution in [0.1, 0.15) is 81.0 Å². The first-order chi connectivity index (χ1) is 16.0. The van der Waals surface area contributed by atoms with E-state index in [2.05, 4.69) is 58.9 Å². The Morgan fingerprint density at radius 3 is 2.21 bits per heavy atom. The van der Waals surface area contributed by atoms with E-state index in [1.54, 1.807) is 6.20 Å². The Labute approximate surface area is 202 Å². The van der Waals surface area contributed by atoms with Crippen LogP contribution in [0.4, 0.5) is 0 Å². The topological polar surface area (TPSA) is 68.7 Å². The Balaban J connectivity index is 1.80. The average molecular weight is 462 g/mol. The van der Waals surface area contributed by atoms with Crippen molar-refractivity contribution in [3.8, 4) is 0 Å². The summed E-state index contributed by atoms with van der Waals surface area (Å²) >= 11 is 0. The molecule has 34 heavy (non-hydrogen) atoms. The normalized spacial score (nSPS) is 20.5. The highest BCUT2D eigenvalue weighted by Gasteiger charge is 2.45. The summed E-state index contributed by atoms with van der Waals surface area (Å²) in [6, 6.07) is 8.35. The third-order valence-corrected chi connectivity index (χ3v) is 7.18. The van der Waals surface area contributed by atoms with Crippen molar-refractivity contribution in [2.24, 2.45) is 0 Å². The van der Waals surface area contributed by atoms with Crippen molar-refractivity contribution in [2.75, 3.05) is 13.2 Å². The lowest BCUT2D eigenvalue weighted by Crippen LogP contribution is -2.34. The predicted octanol–water partition coefficient (Wildman–Crippen LogP) is 6.03. The highest BCUT2D eigenvalue weighted by atomic mass is 16.7. The quantitative estimate of drug-likeness (QED) is 0.323. The third kappa shape index (κ3) is 4.12. The van der Waals surface area contributed by atoms with Gasteiger partial charge in [0.2, 0.25) is 5.79 Å². The first-order valence-electron chi connectivity index (χ1n) is 12.0. The molecule has 1 saturated heterocycles. The monoisotopic (exact) mass is 461 g/mol. The minimum atomic E-state index is -1.07. The lowest BCUT2D eigenvalue weighted by molar-refractivity contribution is -0.133. The van der Waals surface area contributed by atoms with Crippen LogP contribution in [-0.4, -0.2) is 29.6 Å². The van der Waals surface area contributed by atoms with Gasteiger partial charge < -0.3 is 19.4 Å². The number of carbonyl (C=O) groups is 1. The number of aldehydes is 1. The zero-order valence-electron chi connectivity index (χ0n) is 21.1. The van der Waals surface area contributed by atoms with Crippen LogP contribution in [0.3, 0.4) is 0 Å². The number of nitrogens with zero attached hydrogens (tertiary/aromatic N) is 1. The first kappa shape index (κ1) is 24.4. The maximum atomic E-state index is 10.6. The Kier molecular flexibility index (Phi) is 6.30. The molecule has 1 aliphatic heterocycles. The van der Waals surface area contributed by atoms with Crippen LogP contribution in [0.2, 0.25) is 0 Å². The van der Waals surface area contributed by atoms with Crippen LogP contribution in [0, 0.1) is 6.92 Å². The van der Waals surface area contributed by atoms with Gasteiger partial charge in [0.15, 0.2) is 0 Å². The van der Waals surface area contributed by atoms with Gasteiger partial charge in [0.1, 0.15) is 12.0 Å². The number of aliphatic hydroxyl groups excluding tert-OH is 1. The van der Waals surface area contributed by atoms with Gasteiger partial charge in [0.05, 0.1) is 19.0 Å². The van der Waals surface area contributed by atoms with Crippen LogP contribution in [0.5, 0.6) is 0 Å². The molecule has 2 aliphatic rings. The van der Waals surface area contributed by atoms with Gasteiger partial charge in [-0.25, -0.2) is 0 Å². The molecule has 180 valence electrons. The predicted molar refractivity (Wildman–Crippen MR) is 134 cm³/mol. The Morgan fingerprint density at radius 2 is 1.65 bits per heavy atom. The summed E-state index contributed by atoms with van der Waals surface area (Å²) in [5.74, 6) is -0.871. The summed E-state index contributed by atoms with van der Waals surface area (Å²) in [7, 11) is 0. The second-order valence-corrected chi connectivity index (χ2v) is 10.5. The van der Waals surface area contributed by atoms with Crippen LogP contribution in [0.15, 0.2) is 48.4 Å². The van der Waals surface area contributed by atoms with Gasteiger partial charge in [-0.1, -0.05) is 52.0 Å². The molecule has 1 aromatic heterocycles. The van der Waals surface area contributed by atoms with Gasteiger partial charge in [0, 0.05) is 35.4 Å². The van der Waals surface area contributed by atoms with Crippen molar-refractivity contribution < 1.29 is 19.4 Å². The molecule has 0 spiro atoms. The molecule has 5 nitrogen and oxygen atoms in total. The van der Waals surface area contributed by atoms with Crippen molar-refractivity contribution in [2.45, 2.75) is 71.0 Å². The molecule has 4 rings (SSSR count). The van der Waals surface area contributed by atoms with Crippen molar-refractivity contribution in [1.29, 1.82) is 0 Å². The Bertz CT molecular complexity index is 1150. The zero-order valence-corrected chi connectivity index (χ0v) is 21.1. The highest BCUT2D eigenvalue weighted by molar-refractivity contribution is 5.65. The smallest absolute Gasteiger partial charge is 0.240 e. The van der Waals surface area contributed by atoms with Gasteiger partial charge in [-0.05, 0) is 53.8 Å². The Morgan fingerprint density at radius 1 is 1.03 bits per heavy atom. The molecule has 1 aromatic carbocycles. The molecule has 1 fully saturated rings. The molecule has 1 aliphatic carbocycles. The number of benzene rings is 1. The van der Waals surface area contributed by atoms with Crippen LogP contribution >= 0.6 is 0 Å². The maximum Gasteiger partial charge on any atom is 0.240 e. The number of ether oxygens (including phenoxy) is 2. The number of allylic oxidation sites excluding steroid dienone is 4. The van der Waals surface area contributed by atoms with Gasteiger partial charge in [0.25, 0.3) is 0 Å². The van der Waals surface area contributed by atoms with Crippen molar-refractivity contribution in [1.82, 2.24) is 4.98 Å². The number of aryl methyl sites for hydroxylation is 1. The lowest BCUT2D eigenvalue weighted by Gasteiger charge is -2.39. The van der Waals surface area contributed by atoms with E-state index in [4.69, 9.17) is 14.5 Å². The number of aromatic nitrogens is 1. The summed E-state index contributed by atoms with van der Waals surface area (Å²) in [5, 5.41) is 10.3. The molecule has 0 unspecified atom stereocenters. The molecule has 0 saturated carbocycles. The minimum absolute atomic E-state index is 0.0473. The maximum absolute atomic E-state index is 10.6. The fourth-order valence-electron chi connectivity index (χ4n) is 4.94. The zero-order chi connectivity index (χ0) is 24.7. The number of hydrogen-bond acceptors (Lipinski definition) is 5. The molecular weight excluding hydrogens is 426 g/mol. The first-order valence-corrected chi connectivity index (χ1v) is 12.0. The van der Waals surface area contributed by atoms with E-state index in [9.17, 15) is 9.90 Å². The van der Waals surface area contributed by atoms with Crippen LogP contribution < -0.4 is 0 Å². The summed E-state index contributed by atoms with van der Waals surface area (Å²) in [5.41, 5.74) is 6.72. The van der Waals surface area contributed by atoms with E-state index in [0.717, 1.165) is 23.0 Å². The fraction of sp³-hybridized carbons (Fsp3) is 0.448. The standard InChI is InChI=1S/C29H35NO4/c1-19-16-23-24(28(5,6)12-11-27(23,3)4)17-22(19)29(33-14-15-34-29)26-10-9-21(18-30-26)20(2)25(32)8-7-13-31/h9-13,16-18,32H,7-8,14-15H2,1-6H3/b25-20-. The highest BCUT2D eigenvalue weighted by Crippen LogP contribution is 2.46. The van der Waals surface area contributed by atoms with Crippen LogP contribution in [0.25, 0.3) is 5.57 Å². The van der Waals surface area contributed by atoms with Crippen LogP contribution in [-0.2, 0) is 30.9 Å². The minimum Gasteiger partial charge on any atom is -0.512 e. The molecule has 1 N–H and O–H groups in total. The summed E-state index contributed by atoms with van der Waals surface area (Å²) in [4.78, 5) is 15.4. The van der Waals surface area contributed by atoms with Gasteiger partial charge in [-0.3, -0.25) is 4.98 Å². The van der Waals surface area contributed by atoms with Crippen molar-refractivity contribution in [3.05, 3.63) is 81.9 Å². The molecule has 0 atom stereocenters. The number of hydrogen-bond donors (Lipinski definition) is 1. The largest absolute Gasteiger partial charge is 0.512 e. The second-order valence-electron chi connectivity index (χ2n) is 10.5. The van der Waals surface area contributed by atoms with E-state index in [1.165, 1.54) is 11.1 Å². The molecule has 2 aromatic rings. The van der Waals surface area contributed by atoms with E-state index in [-0.39, 0.29) is 16.6 Å². The second kappa shape index (κ2) is 8.79. The summed E-state index contributed by atoms with van der Waals surface area (Å²) < 4.78 is 12.6. The average Bonchev–Trinajstić information content (AvgIpc) is 3.31. The van der Waals surface area contributed by atoms with E-state index in [0.29, 0.717) is 37.3 Å². The van der Waals surface area contributed by atoms with E-state index < -0.39 is 5.79 Å². The number of aliphatic hydroxyl groups is 1. The number of pyridine rings is 1.